The average Bonchev–Trinajstić information content (AvgIpc) is 3.68. The Kier molecular flexibility index (Phi) is 7.16. The first-order valence-corrected chi connectivity index (χ1v) is 14.0. The van der Waals surface area contributed by atoms with Crippen molar-refractivity contribution in [2.45, 2.75) is 13.8 Å². The number of nitrogens with zero attached hydrogens (tertiary/aromatic N) is 5. The summed E-state index contributed by atoms with van der Waals surface area (Å²) in [5, 5.41) is 19.2. The molecule has 0 aliphatic rings. The van der Waals surface area contributed by atoms with Gasteiger partial charge in [0.25, 0.3) is 11.5 Å². The highest BCUT2D eigenvalue weighted by atomic mass is 32.1. The van der Waals surface area contributed by atoms with Crippen LogP contribution in [-0.4, -0.2) is 35.5 Å². The molecule has 0 saturated heterocycles. The standard InChI is InChI=1S/C31H21N5OS.C2H4O2/c1-20-9-5-8-14-26(20)29-32-31-36(34-29)30(37)27(38-31)18-24-19-35(25-12-3-2-4-13-25)33-28(24)23-16-15-21-10-6-7-11-22(21)17-23;1-2(3)4/h2-19H,1H3;1H3,(H,3,4). The molecule has 0 aliphatic carbocycles. The fourth-order valence-electron chi connectivity index (χ4n) is 4.68. The maximum atomic E-state index is 13.4. The second-order valence-electron chi connectivity index (χ2n) is 9.65. The Morgan fingerprint density at radius 2 is 1.57 bits per heavy atom. The molecule has 0 aliphatic heterocycles. The molecular formula is C33H25N5O3S. The molecule has 8 nitrogen and oxygen atoms in total. The van der Waals surface area contributed by atoms with Gasteiger partial charge in [-0.25, -0.2) is 4.68 Å². The molecule has 0 bridgehead atoms. The number of thiazole rings is 1. The van der Waals surface area contributed by atoms with Gasteiger partial charge in [0.05, 0.1) is 10.2 Å². The molecular weight excluding hydrogens is 546 g/mol. The second kappa shape index (κ2) is 11.2. The van der Waals surface area contributed by atoms with E-state index in [1.165, 1.54) is 21.2 Å². The van der Waals surface area contributed by atoms with Crippen LogP contribution in [0, 0.1) is 6.92 Å². The highest BCUT2D eigenvalue weighted by Gasteiger charge is 2.16. The van der Waals surface area contributed by atoms with Gasteiger partial charge in [0.2, 0.25) is 4.96 Å². The van der Waals surface area contributed by atoms with Gasteiger partial charge in [0, 0.05) is 29.8 Å². The quantitative estimate of drug-likeness (QED) is 0.288. The Labute approximate surface area is 244 Å². The number of carboxylic acids is 1. The zero-order valence-corrected chi connectivity index (χ0v) is 23.6. The molecule has 9 heteroatoms. The smallest absolute Gasteiger partial charge is 0.300 e. The van der Waals surface area contributed by atoms with Crippen LogP contribution in [0.2, 0.25) is 0 Å². The molecule has 0 saturated carbocycles. The van der Waals surface area contributed by atoms with Crippen molar-refractivity contribution in [2.24, 2.45) is 0 Å². The molecule has 3 heterocycles. The molecule has 0 atom stereocenters. The van der Waals surface area contributed by atoms with Crippen molar-refractivity contribution in [1.29, 1.82) is 0 Å². The molecule has 1 N–H and O–H groups in total. The Morgan fingerprint density at radius 3 is 2.31 bits per heavy atom. The van der Waals surface area contributed by atoms with Gasteiger partial charge in [-0.05, 0) is 47.5 Å². The first-order valence-electron chi connectivity index (χ1n) is 13.2. The van der Waals surface area contributed by atoms with Gasteiger partial charge in [-0.2, -0.15) is 14.6 Å². The third-order valence-corrected chi connectivity index (χ3v) is 7.60. The van der Waals surface area contributed by atoms with Crippen LogP contribution in [0.4, 0.5) is 0 Å². The lowest BCUT2D eigenvalue weighted by Crippen LogP contribution is -2.23. The monoisotopic (exact) mass is 571 g/mol. The number of benzene rings is 4. The van der Waals surface area contributed by atoms with Crippen molar-refractivity contribution in [3.05, 3.63) is 129 Å². The summed E-state index contributed by atoms with van der Waals surface area (Å²) in [6.45, 7) is 3.10. The van der Waals surface area contributed by atoms with Crippen LogP contribution in [0.5, 0.6) is 0 Å². The summed E-state index contributed by atoms with van der Waals surface area (Å²) < 4.78 is 3.81. The summed E-state index contributed by atoms with van der Waals surface area (Å²) in [7, 11) is 0. The molecule has 0 unspecified atom stereocenters. The minimum atomic E-state index is -0.833. The Bertz CT molecular complexity index is 2180. The second-order valence-corrected chi connectivity index (χ2v) is 10.7. The Balaban J connectivity index is 0.000000744. The van der Waals surface area contributed by atoms with Crippen LogP contribution in [0.25, 0.3) is 50.1 Å². The zero-order chi connectivity index (χ0) is 29.2. The van der Waals surface area contributed by atoms with Gasteiger partial charge in [-0.1, -0.05) is 90.2 Å². The van der Waals surface area contributed by atoms with E-state index >= 15 is 0 Å². The van der Waals surface area contributed by atoms with Gasteiger partial charge >= 0.3 is 0 Å². The third kappa shape index (κ3) is 5.33. The summed E-state index contributed by atoms with van der Waals surface area (Å²) in [5.41, 5.74) is 5.40. The number of fused-ring (bicyclic) bond motifs is 2. The predicted octanol–water partition coefficient (Wildman–Crippen LogP) is 5.77. The van der Waals surface area contributed by atoms with Crippen molar-refractivity contribution < 1.29 is 9.90 Å². The average molecular weight is 572 g/mol. The van der Waals surface area contributed by atoms with E-state index in [2.05, 4.69) is 40.4 Å². The fourth-order valence-corrected chi connectivity index (χ4v) is 5.58. The van der Waals surface area contributed by atoms with Crippen LogP contribution in [0.3, 0.4) is 0 Å². The number of carbonyl (C=O) groups is 1. The molecule has 0 spiro atoms. The summed E-state index contributed by atoms with van der Waals surface area (Å²) in [6, 6.07) is 32.5. The van der Waals surface area contributed by atoms with Gasteiger partial charge < -0.3 is 5.11 Å². The molecule has 0 fully saturated rings. The first kappa shape index (κ1) is 26.8. The van der Waals surface area contributed by atoms with Crippen molar-refractivity contribution >= 4 is 39.1 Å². The molecule has 4 aromatic carbocycles. The van der Waals surface area contributed by atoms with Crippen molar-refractivity contribution in [2.75, 3.05) is 0 Å². The zero-order valence-electron chi connectivity index (χ0n) is 22.8. The van der Waals surface area contributed by atoms with E-state index in [-0.39, 0.29) is 5.56 Å². The number of aromatic nitrogens is 5. The summed E-state index contributed by atoms with van der Waals surface area (Å²) in [5.74, 6) is -0.272. The highest BCUT2D eigenvalue weighted by molar-refractivity contribution is 7.15. The normalized spacial score (nSPS) is 11.5. The highest BCUT2D eigenvalue weighted by Crippen LogP contribution is 2.28. The number of carboxylic acid groups (broad SMARTS) is 1. The number of rotatable bonds is 4. The van der Waals surface area contributed by atoms with E-state index in [0.29, 0.717) is 15.3 Å². The van der Waals surface area contributed by atoms with E-state index in [1.54, 1.807) is 0 Å². The Morgan fingerprint density at radius 1 is 0.881 bits per heavy atom. The van der Waals surface area contributed by atoms with Crippen LogP contribution in [0.1, 0.15) is 18.1 Å². The van der Waals surface area contributed by atoms with Crippen molar-refractivity contribution in [1.82, 2.24) is 24.4 Å². The lowest BCUT2D eigenvalue weighted by Gasteiger charge is -2.03. The van der Waals surface area contributed by atoms with E-state index in [9.17, 15) is 4.79 Å². The van der Waals surface area contributed by atoms with E-state index < -0.39 is 5.97 Å². The van der Waals surface area contributed by atoms with E-state index in [0.717, 1.165) is 45.9 Å². The SMILES string of the molecule is CC(=O)O.Cc1ccccc1-c1nc2sc(=Cc3cn(-c4ccccc4)nc3-c3ccc4ccccc4c3)c(=O)n2n1. The predicted molar refractivity (Wildman–Crippen MR) is 166 cm³/mol. The minimum Gasteiger partial charge on any atom is -0.481 e. The maximum absolute atomic E-state index is 13.4. The van der Waals surface area contributed by atoms with Crippen molar-refractivity contribution in [3.63, 3.8) is 0 Å². The fraction of sp³-hybridized carbons (Fsp3) is 0.0606. The summed E-state index contributed by atoms with van der Waals surface area (Å²) in [6.07, 6.45) is 3.86. The van der Waals surface area contributed by atoms with Gasteiger partial charge in [-0.15, -0.1) is 5.10 Å². The molecule has 0 radical (unpaired) electrons. The summed E-state index contributed by atoms with van der Waals surface area (Å²) in [4.78, 5) is 27.6. The number of para-hydroxylation sites is 1. The molecule has 42 heavy (non-hydrogen) atoms. The summed E-state index contributed by atoms with van der Waals surface area (Å²) >= 11 is 1.34. The van der Waals surface area contributed by atoms with Crippen LogP contribution < -0.4 is 10.1 Å². The number of aliphatic carboxylic acids is 1. The number of aryl methyl sites for hydroxylation is 1. The first-order chi connectivity index (χ1) is 20.4. The lowest BCUT2D eigenvalue weighted by atomic mass is 10.0. The van der Waals surface area contributed by atoms with E-state index in [4.69, 9.17) is 15.0 Å². The third-order valence-electron chi connectivity index (χ3n) is 6.64. The molecule has 206 valence electrons. The largest absolute Gasteiger partial charge is 0.481 e. The van der Waals surface area contributed by atoms with Crippen LogP contribution in [-0.2, 0) is 4.79 Å². The van der Waals surface area contributed by atoms with Gasteiger partial charge in [0.15, 0.2) is 5.82 Å². The lowest BCUT2D eigenvalue weighted by molar-refractivity contribution is -0.134. The van der Waals surface area contributed by atoms with Crippen molar-refractivity contribution in [3.8, 4) is 28.3 Å². The Hall–Kier alpha value is -5.41. The maximum Gasteiger partial charge on any atom is 0.300 e. The molecule has 7 rings (SSSR count). The number of hydrogen-bond donors (Lipinski definition) is 1. The van der Waals surface area contributed by atoms with Crippen LogP contribution >= 0.6 is 11.3 Å². The minimum absolute atomic E-state index is 0.186. The topological polar surface area (TPSA) is 102 Å². The van der Waals surface area contributed by atoms with Gasteiger partial charge in [-0.3, -0.25) is 9.59 Å². The van der Waals surface area contributed by atoms with Gasteiger partial charge in [0.1, 0.15) is 5.69 Å². The van der Waals surface area contributed by atoms with Crippen LogP contribution in [0.15, 0.2) is 108 Å². The molecule has 7 aromatic rings. The number of hydrogen-bond acceptors (Lipinski definition) is 6. The molecule has 0 amide bonds. The van der Waals surface area contributed by atoms with E-state index in [1.807, 2.05) is 90.6 Å². The molecule has 3 aromatic heterocycles.